The van der Waals surface area contributed by atoms with Crippen LogP contribution in [0.1, 0.15) is 97.7 Å². The third kappa shape index (κ3) is 11.1. The van der Waals surface area contributed by atoms with E-state index in [2.05, 4.69) is 24.5 Å². The van der Waals surface area contributed by atoms with E-state index in [0.29, 0.717) is 24.4 Å². The van der Waals surface area contributed by atoms with Gasteiger partial charge in [0.1, 0.15) is 17.7 Å². The van der Waals surface area contributed by atoms with Gasteiger partial charge in [0.05, 0.1) is 6.42 Å². The Morgan fingerprint density at radius 3 is 2.21 bits per heavy atom. The summed E-state index contributed by atoms with van der Waals surface area (Å²) in [6.07, 6.45) is 1.89. The number of carbonyl (C=O) groups excluding carboxylic acids is 4. The minimum atomic E-state index is -1.29. The van der Waals surface area contributed by atoms with Gasteiger partial charge in [0.2, 0.25) is 17.7 Å². The van der Waals surface area contributed by atoms with E-state index in [-0.39, 0.29) is 11.9 Å². The van der Waals surface area contributed by atoms with Crippen molar-refractivity contribution >= 4 is 23.8 Å². The van der Waals surface area contributed by atoms with Crippen molar-refractivity contribution in [3.8, 4) is 0 Å². The molecule has 3 atom stereocenters. The number of benzene rings is 1. The molecule has 214 valence electrons. The molecule has 0 aliphatic carbocycles. The Morgan fingerprint density at radius 2 is 1.68 bits per heavy atom. The highest BCUT2D eigenvalue weighted by molar-refractivity contribution is 5.94. The number of carbonyl (C=O) groups is 4. The van der Waals surface area contributed by atoms with Crippen LogP contribution in [-0.2, 0) is 19.1 Å². The van der Waals surface area contributed by atoms with Crippen molar-refractivity contribution in [3.63, 3.8) is 0 Å². The lowest BCUT2D eigenvalue weighted by atomic mass is 9.94. The summed E-state index contributed by atoms with van der Waals surface area (Å²) in [5.74, 6) is -1.25. The van der Waals surface area contributed by atoms with Crippen LogP contribution in [0.4, 0.5) is 4.79 Å². The second kappa shape index (κ2) is 15.3. The zero-order valence-electron chi connectivity index (χ0n) is 24.4. The third-order valence-corrected chi connectivity index (χ3v) is 6.12. The highest BCUT2D eigenvalue weighted by atomic mass is 16.6. The Balaban J connectivity index is 3.61. The van der Waals surface area contributed by atoms with Gasteiger partial charge < -0.3 is 26.0 Å². The molecule has 1 rings (SSSR count). The molecular formula is C29H48N4O5. The van der Waals surface area contributed by atoms with Crippen molar-refractivity contribution < 1.29 is 23.9 Å². The summed E-state index contributed by atoms with van der Waals surface area (Å²) >= 11 is 0. The molecule has 1 aromatic carbocycles. The predicted octanol–water partition coefficient (Wildman–Crippen LogP) is 4.37. The van der Waals surface area contributed by atoms with Crippen LogP contribution >= 0.6 is 0 Å². The van der Waals surface area contributed by atoms with Crippen LogP contribution in [0.25, 0.3) is 0 Å². The summed E-state index contributed by atoms with van der Waals surface area (Å²) in [5, 5.41) is 5.51. The van der Waals surface area contributed by atoms with Crippen LogP contribution in [-0.4, -0.2) is 52.9 Å². The Kier molecular flexibility index (Phi) is 13.3. The molecule has 0 spiro atoms. The maximum atomic E-state index is 14.2. The minimum absolute atomic E-state index is 0.312. The lowest BCUT2D eigenvalue weighted by Crippen LogP contribution is -2.56. The van der Waals surface area contributed by atoms with Gasteiger partial charge in [-0.25, -0.2) is 4.79 Å². The molecule has 0 saturated heterocycles. The van der Waals surface area contributed by atoms with Gasteiger partial charge >= 0.3 is 6.09 Å². The molecule has 38 heavy (non-hydrogen) atoms. The number of nitrogens with zero attached hydrogens (tertiary/aromatic N) is 1. The predicted molar refractivity (Wildman–Crippen MR) is 149 cm³/mol. The molecule has 0 aromatic heterocycles. The largest absolute Gasteiger partial charge is 0.444 e. The first-order valence-electron chi connectivity index (χ1n) is 13.6. The standard InChI is InChI=1S/C29H48N4O5/c1-9-10-17-31-26(35)25(22-14-12-11-13-20(22)4)33(21(5)16-15-19(2)3)27(36)23(18-24(30)34)32-28(37)38-29(6,7)8/h11-14,19,21,23,25H,9-10,15-18H2,1-8H3,(H2,30,34)(H,31,35)(H,32,37). The Hall–Kier alpha value is -3.10. The van der Waals surface area contributed by atoms with E-state index in [0.717, 1.165) is 24.8 Å². The van der Waals surface area contributed by atoms with E-state index in [9.17, 15) is 19.2 Å². The maximum absolute atomic E-state index is 14.2. The normalized spacial score (nSPS) is 13.8. The molecule has 4 amide bonds. The van der Waals surface area contributed by atoms with E-state index >= 15 is 0 Å². The molecule has 9 nitrogen and oxygen atoms in total. The summed E-state index contributed by atoms with van der Waals surface area (Å²) in [6.45, 7) is 15.6. The topological polar surface area (TPSA) is 131 Å². The summed E-state index contributed by atoms with van der Waals surface area (Å²) in [7, 11) is 0. The monoisotopic (exact) mass is 532 g/mol. The van der Waals surface area contributed by atoms with E-state index in [1.165, 1.54) is 4.90 Å². The first-order valence-corrected chi connectivity index (χ1v) is 13.6. The summed E-state index contributed by atoms with van der Waals surface area (Å²) < 4.78 is 5.34. The average molecular weight is 533 g/mol. The number of hydrogen-bond donors (Lipinski definition) is 3. The van der Waals surface area contributed by atoms with Crippen molar-refractivity contribution in [3.05, 3.63) is 35.4 Å². The first-order chi connectivity index (χ1) is 17.7. The fraction of sp³-hybridized carbons (Fsp3) is 0.655. The highest BCUT2D eigenvalue weighted by Crippen LogP contribution is 2.29. The zero-order valence-corrected chi connectivity index (χ0v) is 24.4. The molecular weight excluding hydrogens is 484 g/mol. The number of ether oxygens (including phenoxy) is 1. The maximum Gasteiger partial charge on any atom is 0.408 e. The van der Waals surface area contributed by atoms with Gasteiger partial charge in [0, 0.05) is 12.6 Å². The van der Waals surface area contributed by atoms with Crippen molar-refractivity contribution in [1.82, 2.24) is 15.5 Å². The SMILES string of the molecule is CCCCNC(=O)C(c1ccccc1C)N(C(=O)C(CC(N)=O)NC(=O)OC(C)(C)C)C(C)CCC(C)C. The van der Waals surface area contributed by atoms with Crippen LogP contribution in [0, 0.1) is 12.8 Å². The number of unbranched alkanes of at least 4 members (excludes halogenated alkanes) is 1. The molecule has 0 aliphatic heterocycles. The molecule has 0 bridgehead atoms. The zero-order chi connectivity index (χ0) is 29.0. The number of nitrogens with two attached hydrogens (primary N) is 1. The quantitative estimate of drug-likeness (QED) is 0.306. The van der Waals surface area contributed by atoms with Crippen molar-refractivity contribution in [2.24, 2.45) is 11.7 Å². The number of alkyl carbamates (subject to hydrolysis) is 1. The van der Waals surface area contributed by atoms with Crippen molar-refractivity contribution in [1.29, 1.82) is 0 Å². The highest BCUT2D eigenvalue weighted by Gasteiger charge is 2.39. The Bertz CT molecular complexity index is 941. The van der Waals surface area contributed by atoms with Gasteiger partial charge in [-0.3, -0.25) is 14.4 Å². The van der Waals surface area contributed by atoms with Gasteiger partial charge in [-0.15, -0.1) is 0 Å². The average Bonchev–Trinajstić information content (AvgIpc) is 2.79. The lowest BCUT2D eigenvalue weighted by molar-refractivity contribution is -0.146. The number of primary amides is 1. The molecule has 1 aromatic rings. The van der Waals surface area contributed by atoms with Crippen molar-refractivity contribution in [2.45, 2.75) is 111 Å². The van der Waals surface area contributed by atoms with Gasteiger partial charge in [0.15, 0.2) is 0 Å². The van der Waals surface area contributed by atoms with E-state index in [1.54, 1.807) is 20.8 Å². The van der Waals surface area contributed by atoms with Crippen LogP contribution in [0.15, 0.2) is 24.3 Å². The summed E-state index contributed by atoms with van der Waals surface area (Å²) in [6, 6.07) is 4.80. The van der Waals surface area contributed by atoms with E-state index in [1.807, 2.05) is 45.0 Å². The number of hydrogen-bond acceptors (Lipinski definition) is 5. The minimum Gasteiger partial charge on any atom is -0.444 e. The Labute approximate surface area is 228 Å². The number of rotatable bonds is 14. The van der Waals surface area contributed by atoms with Gasteiger partial charge in [0.25, 0.3) is 0 Å². The molecule has 9 heteroatoms. The van der Waals surface area contributed by atoms with Crippen molar-refractivity contribution in [2.75, 3.05) is 6.54 Å². The van der Waals surface area contributed by atoms with Crippen LogP contribution in [0.3, 0.4) is 0 Å². The van der Waals surface area contributed by atoms with E-state index < -0.39 is 42.0 Å². The number of amides is 4. The first kappa shape index (κ1) is 32.9. The molecule has 0 fully saturated rings. The number of aryl methyl sites for hydroxylation is 1. The summed E-state index contributed by atoms with van der Waals surface area (Å²) in [4.78, 5) is 54.0. The number of nitrogens with one attached hydrogen (secondary N) is 2. The van der Waals surface area contributed by atoms with Gasteiger partial charge in [-0.2, -0.15) is 0 Å². The van der Waals surface area contributed by atoms with E-state index in [4.69, 9.17) is 10.5 Å². The third-order valence-electron chi connectivity index (χ3n) is 6.12. The van der Waals surface area contributed by atoms with Crippen LogP contribution < -0.4 is 16.4 Å². The smallest absolute Gasteiger partial charge is 0.408 e. The molecule has 0 radical (unpaired) electrons. The lowest BCUT2D eigenvalue weighted by Gasteiger charge is -2.39. The Morgan fingerprint density at radius 1 is 1.05 bits per heavy atom. The molecule has 0 aliphatic rings. The molecule has 3 unspecified atom stereocenters. The molecule has 0 saturated carbocycles. The fourth-order valence-electron chi connectivity index (χ4n) is 4.14. The van der Waals surface area contributed by atoms with Crippen LogP contribution in [0.2, 0.25) is 0 Å². The second-order valence-corrected chi connectivity index (χ2v) is 11.3. The van der Waals surface area contributed by atoms with Crippen LogP contribution in [0.5, 0.6) is 0 Å². The molecule has 0 heterocycles. The fourth-order valence-corrected chi connectivity index (χ4v) is 4.14. The van der Waals surface area contributed by atoms with Gasteiger partial charge in [-0.05, 0) is 70.9 Å². The summed E-state index contributed by atoms with van der Waals surface area (Å²) in [5.41, 5.74) is 6.20. The molecule has 4 N–H and O–H groups in total. The van der Waals surface area contributed by atoms with Gasteiger partial charge in [-0.1, -0.05) is 51.5 Å². The second-order valence-electron chi connectivity index (χ2n) is 11.3.